The van der Waals surface area contributed by atoms with Crippen molar-refractivity contribution >= 4 is 22.8 Å². The van der Waals surface area contributed by atoms with E-state index < -0.39 is 5.82 Å². The van der Waals surface area contributed by atoms with Crippen LogP contribution in [-0.4, -0.2) is 64.0 Å². The fraction of sp³-hybridized carbons (Fsp3) is 0.440. The fourth-order valence-electron chi connectivity index (χ4n) is 4.93. The molecule has 2 bridgehead atoms. The van der Waals surface area contributed by atoms with Crippen molar-refractivity contribution in [2.75, 3.05) is 26.3 Å². The Hall–Kier alpha value is -3.71. The first-order valence-electron chi connectivity index (χ1n) is 11.7. The third kappa shape index (κ3) is 3.96. The topological polar surface area (TPSA) is 93.9 Å². The number of amides is 1. The molecule has 0 spiro atoms. The number of ether oxygens (including phenoxy) is 3. The minimum absolute atomic E-state index is 0.0277. The second kappa shape index (κ2) is 8.20. The quantitative estimate of drug-likeness (QED) is 0.562. The molecule has 0 radical (unpaired) electrons. The summed E-state index contributed by atoms with van der Waals surface area (Å²) in [5.74, 6) is -0.172. The molecule has 2 saturated heterocycles. The molecule has 4 heterocycles. The van der Waals surface area contributed by atoms with Crippen molar-refractivity contribution in [1.29, 1.82) is 0 Å². The molecule has 180 valence electrons. The van der Waals surface area contributed by atoms with Crippen LogP contribution >= 0.6 is 0 Å². The van der Waals surface area contributed by atoms with Gasteiger partial charge in [0.25, 0.3) is 0 Å². The molecule has 2 aliphatic heterocycles. The van der Waals surface area contributed by atoms with Gasteiger partial charge in [0.1, 0.15) is 34.9 Å². The third-order valence-corrected chi connectivity index (χ3v) is 7.10. The number of likely N-dealkylation sites (tertiary alicyclic amines) is 1. The predicted octanol–water partition coefficient (Wildman–Crippen LogP) is 4.33. The molecule has 10 heteroatoms. The van der Waals surface area contributed by atoms with Gasteiger partial charge >= 0.3 is 6.09 Å². The summed E-state index contributed by atoms with van der Waals surface area (Å²) in [4.78, 5) is 29.6. The van der Waals surface area contributed by atoms with E-state index in [1.807, 2.05) is 6.92 Å². The van der Waals surface area contributed by atoms with Crippen molar-refractivity contribution in [2.45, 2.75) is 31.5 Å². The van der Waals surface area contributed by atoms with Gasteiger partial charge in [-0.25, -0.2) is 19.0 Å². The van der Waals surface area contributed by atoms with Crippen molar-refractivity contribution in [3.05, 3.63) is 48.0 Å². The van der Waals surface area contributed by atoms with Crippen LogP contribution in [0.3, 0.4) is 0 Å². The lowest BCUT2D eigenvalue weighted by molar-refractivity contribution is -0.111. The Morgan fingerprint density at radius 3 is 2.71 bits per heavy atom. The summed E-state index contributed by atoms with van der Waals surface area (Å²) < 4.78 is 32.5. The van der Waals surface area contributed by atoms with Gasteiger partial charge in [-0.05, 0) is 25.8 Å². The van der Waals surface area contributed by atoms with Gasteiger partial charge in [-0.2, -0.15) is 4.98 Å². The smallest absolute Gasteiger partial charge is 0.410 e. The van der Waals surface area contributed by atoms with Gasteiger partial charge in [-0.3, -0.25) is 0 Å². The molecule has 1 aliphatic carbocycles. The Labute approximate surface area is 201 Å². The van der Waals surface area contributed by atoms with Crippen LogP contribution in [0, 0.1) is 24.2 Å². The first-order valence-corrected chi connectivity index (χ1v) is 11.7. The first-order chi connectivity index (χ1) is 16.9. The van der Waals surface area contributed by atoms with Crippen LogP contribution in [-0.2, 0) is 9.47 Å². The average Bonchev–Trinajstić information content (AvgIpc) is 3.40. The van der Waals surface area contributed by atoms with Gasteiger partial charge < -0.3 is 24.1 Å². The van der Waals surface area contributed by atoms with E-state index in [-0.39, 0.29) is 35.3 Å². The normalized spacial score (nSPS) is 24.6. The molecule has 6 rings (SSSR count). The van der Waals surface area contributed by atoms with E-state index >= 15 is 0 Å². The van der Waals surface area contributed by atoms with Crippen molar-refractivity contribution < 1.29 is 23.4 Å². The molecule has 1 saturated carbocycles. The number of H-pyrrole nitrogens is 1. The molecule has 2 unspecified atom stereocenters. The monoisotopic (exact) mass is 477 g/mol. The molecular weight excluding hydrogens is 453 g/mol. The molecular formula is C25H24FN5O4. The highest BCUT2D eigenvalue weighted by Crippen LogP contribution is 2.40. The van der Waals surface area contributed by atoms with Crippen molar-refractivity contribution in [3.63, 3.8) is 0 Å². The highest BCUT2D eigenvalue weighted by Gasteiger charge is 2.47. The number of hydrogen-bond donors (Lipinski definition) is 1. The molecule has 9 nitrogen and oxygen atoms in total. The van der Waals surface area contributed by atoms with Gasteiger partial charge in [-0.15, -0.1) is 0 Å². The molecule has 1 aromatic carbocycles. The lowest BCUT2D eigenvalue weighted by Gasteiger charge is -2.46. The number of benzene rings is 1. The highest BCUT2D eigenvalue weighted by atomic mass is 19.1. The van der Waals surface area contributed by atoms with Crippen molar-refractivity contribution in [1.82, 2.24) is 19.9 Å². The van der Waals surface area contributed by atoms with Crippen LogP contribution in [0.25, 0.3) is 27.0 Å². The van der Waals surface area contributed by atoms with Crippen LogP contribution in [0.5, 0.6) is 5.88 Å². The Balaban J connectivity index is 1.25. The second-order valence-corrected chi connectivity index (χ2v) is 9.74. The summed E-state index contributed by atoms with van der Waals surface area (Å²) in [7, 11) is 0. The maximum Gasteiger partial charge on any atom is 0.410 e. The number of nitrogens with zero attached hydrogens (tertiary/aromatic N) is 4. The van der Waals surface area contributed by atoms with Gasteiger partial charge in [0, 0.05) is 42.2 Å². The standard InChI is InChI=1S/C25H24FN5O4/c1-25(5-6-25)35-24(32)31-9-14-11-33-12-15(10-31)22(14)34-23-21-20(29-13-30-23)18(8-28-21)17-4-3-16(27-2)7-19(17)26/h3-4,7-8,13-15,22,28H,5-6,9-12H2,1H3. The van der Waals surface area contributed by atoms with E-state index in [4.69, 9.17) is 20.8 Å². The molecule has 1 N–H and O–H groups in total. The molecule has 3 aliphatic rings. The van der Waals surface area contributed by atoms with E-state index in [2.05, 4.69) is 19.8 Å². The number of carbonyl (C=O) groups excluding carboxylic acids is 1. The SMILES string of the molecule is [C-]#[N+]c1ccc(-c2c[nH]c3c(OC4C5COCC4CN(C(=O)OC4(C)CC4)C5)ncnc23)c(F)c1. The van der Waals surface area contributed by atoms with E-state index in [1.54, 1.807) is 23.2 Å². The Kier molecular flexibility index (Phi) is 5.11. The van der Waals surface area contributed by atoms with Gasteiger partial charge in [-0.1, -0.05) is 12.1 Å². The van der Waals surface area contributed by atoms with Crippen LogP contribution in [0.1, 0.15) is 19.8 Å². The van der Waals surface area contributed by atoms with E-state index in [1.165, 1.54) is 12.4 Å². The van der Waals surface area contributed by atoms with Crippen molar-refractivity contribution in [2.24, 2.45) is 11.8 Å². The second-order valence-electron chi connectivity index (χ2n) is 9.74. The maximum absolute atomic E-state index is 14.7. The minimum atomic E-state index is -0.494. The molecule has 35 heavy (non-hydrogen) atoms. The number of carbonyl (C=O) groups is 1. The maximum atomic E-state index is 14.7. The Bertz CT molecular complexity index is 1330. The molecule has 3 aromatic rings. The number of piperidine rings is 1. The average molecular weight is 477 g/mol. The zero-order chi connectivity index (χ0) is 24.2. The van der Waals surface area contributed by atoms with Gasteiger partial charge in [0.15, 0.2) is 5.69 Å². The number of hydrogen-bond acceptors (Lipinski definition) is 6. The zero-order valence-corrected chi connectivity index (χ0v) is 19.2. The molecule has 2 aromatic heterocycles. The molecule has 1 amide bonds. The van der Waals surface area contributed by atoms with Crippen LogP contribution < -0.4 is 4.74 Å². The lowest BCUT2D eigenvalue weighted by atomic mass is 9.84. The summed E-state index contributed by atoms with van der Waals surface area (Å²) in [6, 6.07) is 4.36. The molecule has 2 atom stereocenters. The summed E-state index contributed by atoms with van der Waals surface area (Å²) in [6.45, 7) is 11.0. The number of fused-ring (bicyclic) bond motifs is 3. The van der Waals surface area contributed by atoms with Gasteiger partial charge in [0.05, 0.1) is 19.8 Å². The van der Waals surface area contributed by atoms with Crippen molar-refractivity contribution in [3.8, 4) is 17.0 Å². The fourth-order valence-corrected chi connectivity index (χ4v) is 4.93. The summed E-state index contributed by atoms with van der Waals surface area (Å²) in [6.07, 6.45) is 4.42. The van der Waals surface area contributed by atoms with E-state index in [9.17, 15) is 9.18 Å². The van der Waals surface area contributed by atoms with Crippen LogP contribution in [0.4, 0.5) is 14.9 Å². The minimum Gasteiger partial charge on any atom is -0.472 e. The van der Waals surface area contributed by atoms with E-state index in [0.717, 1.165) is 12.8 Å². The number of halogens is 1. The largest absolute Gasteiger partial charge is 0.472 e. The number of aromatic nitrogens is 3. The number of aromatic amines is 1. The Morgan fingerprint density at radius 2 is 2.03 bits per heavy atom. The summed E-state index contributed by atoms with van der Waals surface area (Å²) in [5, 5.41) is 0. The van der Waals surface area contributed by atoms with Crippen LogP contribution in [0.2, 0.25) is 0 Å². The molecule has 3 fully saturated rings. The van der Waals surface area contributed by atoms with E-state index in [0.29, 0.717) is 54.3 Å². The number of nitrogens with one attached hydrogen (secondary N) is 1. The summed E-state index contributed by atoms with van der Waals surface area (Å²) in [5.41, 5.74) is 1.93. The predicted molar refractivity (Wildman–Crippen MR) is 123 cm³/mol. The number of rotatable bonds is 4. The van der Waals surface area contributed by atoms with Gasteiger partial charge in [0.2, 0.25) is 5.88 Å². The third-order valence-electron chi connectivity index (χ3n) is 7.10. The summed E-state index contributed by atoms with van der Waals surface area (Å²) >= 11 is 0. The lowest BCUT2D eigenvalue weighted by Crippen LogP contribution is -2.59. The highest BCUT2D eigenvalue weighted by molar-refractivity contribution is 5.94. The van der Waals surface area contributed by atoms with Crippen LogP contribution in [0.15, 0.2) is 30.7 Å². The Morgan fingerprint density at radius 1 is 1.26 bits per heavy atom. The first kappa shape index (κ1) is 21.8. The zero-order valence-electron chi connectivity index (χ0n) is 19.2.